The molecule has 140 valence electrons. The molecule has 2 unspecified atom stereocenters. The Labute approximate surface area is 156 Å². The first-order chi connectivity index (χ1) is 11.8. The molecule has 2 fully saturated rings. The van der Waals surface area contributed by atoms with Gasteiger partial charge in [-0.15, -0.1) is 12.4 Å². The lowest BCUT2D eigenvalue weighted by molar-refractivity contribution is -0.138. The number of hydrogen-bond donors (Lipinski definition) is 1. The van der Waals surface area contributed by atoms with Crippen LogP contribution in [0.5, 0.6) is 0 Å². The molecule has 6 heteroatoms. The highest BCUT2D eigenvalue weighted by Crippen LogP contribution is 2.21. The maximum atomic E-state index is 13.0. The van der Waals surface area contributed by atoms with E-state index in [0.717, 1.165) is 57.5 Å². The fourth-order valence-electron chi connectivity index (χ4n) is 3.68. The van der Waals surface area contributed by atoms with Gasteiger partial charge in [0.15, 0.2) is 0 Å². The summed E-state index contributed by atoms with van der Waals surface area (Å²) in [5.74, 6) is 0.222. The van der Waals surface area contributed by atoms with Gasteiger partial charge in [-0.1, -0.05) is 6.07 Å². The lowest BCUT2D eigenvalue weighted by Crippen LogP contribution is -2.42. The standard InChI is InChI=1S/C19H29N3O2.ClH/c23-19(14-18-8-2-4-13-24-18)22(15-16-6-1-3-11-21-16)17-7-5-10-20-12-9-17;/h1,3,6,11,17-18,20H,2,4-5,7-10,12-15H2;1H. The van der Waals surface area contributed by atoms with Gasteiger partial charge >= 0.3 is 0 Å². The van der Waals surface area contributed by atoms with Gasteiger partial charge in [-0.05, 0) is 63.7 Å². The predicted octanol–water partition coefficient (Wildman–Crippen LogP) is 2.93. The van der Waals surface area contributed by atoms with Crippen LogP contribution in [0.4, 0.5) is 0 Å². The Hall–Kier alpha value is -1.17. The number of pyridine rings is 1. The van der Waals surface area contributed by atoms with E-state index in [1.807, 2.05) is 18.2 Å². The number of nitrogens with zero attached hydrogens (tertiary/aromatic N) is 2. The van der Waals surface area contributed by atoms with E-state index < -0.39 is 0 Å². The molecular formula is C19H30ClN3O2. The summed E-state index contributed by atoms with van der Waals surface area (Å²) in [6.07, 6.45) is 8.92. The van der Waals surface area contributed by atoms with Crippen molar-refractivity contribution in [2.45, 2.75) is 63.6 Å². The van der Waals surface area contributed by atoms with Gasteiger partial charge in [-0.2, -0.15) is 0 Å². The van der Waals surface area contributed by atoms with E-state index in [0.29, 0.717) is 19.0 Å². The van der Waals surface area contributed by atoms with E-state index in [1.165, 1.54) is 6.42 Å². The topological polar surface area (TPSA) is 54.5 Å². The number of ether oxygens (including phenoxy) is 1. The predicted molar refractivity (Wildman–Crippen MR) is 101 cm³/mol. The van der Waals surface area contributed by atoms with Crippen molar-refractivity contribution in [1.29, 1.82) is 0 Å². The molecule has 2 atom stereocenters. The second-order valence-corrected chi connectivity index (χ2v) is 6.87. The van der Waals surface area contributed by atoms with E-state index in [4.69, 9.17) is 4.74 Å². The monoisotopic (exact) mass is 367 g/mol. The first-order valence-corrected chi connectivity index (χ1v) is 9.34. The zero-order valence-corrected chi connectivity index (χ0v) is 15.7. The third kappa shape index (κ3) is 6.24. The van der Waals surface area contributed by atoms with Crippen LogP contribution >= 0.6 is 12.4 Å². The van der Waals surface area contributed by atoms with E-state index in [9.17, 15) is 4.79 Å². The lowest BCUT2D eigenvalue weighted by Gasteiger charge is -2.33. The van der Waals surface area contributed by atoms with E-state index >= 15 is 0 Å². The van der Waals surface area contributed by atoms with Crippen molar-refractivity contribution in [2.75, 3.05) is 19.7 Å². The number of aromatic nitrogens is 1. The van der Waals surface area contributed by atoms with E-state index in [-0.39, 0.29) is 24.4 Å². The largest absolute Gasteiger partial charge is 0.378 e. The van der Waals surface area contributed by atoms with Gasteiger partial charge in [-0.25, -0.2) is 0 Å². The van der Waals surface area contributed by atoms with Crippen LogP contribution in [-0.2, 0) is 16.1 Å². The molecule has 3 rings (SSSR count). The van der Waals surface area contributed by atoms with E-state index in [1.54, 1.807) is 6.20 Å². The molecule has 1 aromatic heterocycles. The van der Waals surface area contributed by atoms with Crippen LogP contribution in [0.15, 0.2) is 24.4 Å². The van der Waals surface area contributed by atoms with Crippen LogP contribution in [0, 0.1) is 0 Å². The highest BCUT2D eigenvalue weighted by Gasteiger charge is 2.28. The summed E-state index contributed by atoms with van der Waals surface area (Å²) in [4.78, 5) is 19.5. The summed E-state index contributed by atoms with van der Waals surface area (Å²) in [6, 6.07) is 6.22. The minimum atomic E-state index is 0. The quantitative estimate of drug-likeness (QED) is 0.869. The number of carbonyl (C=O) groups is 1. The summed E-state index contributed by atoms with van der Waals surface area (Å²) in [5, 5.41) is 3.44. The Bertz CT molecular complexity index is 501. The van der Waals surface area contributed by atoms with Crippen LogP contribution in [0.1, 0.15) is 50.6 Å². The van der Waals surface area contributed by atoms with Gasteiger partial charge in [0.1, 0.15) is 0 Å². The second kappa shape index (κ2) is 10.7. The molecule has 5 nitrogen and oxygen atoms in total. The highest BCUT2D eigenvalue weighted by molar-refractivity contribution is 5.85. The third-order valence-corrected chi connectivity index (χ3v) is 5.04. The average Bonchev–Trinajstić information content (AvgIpc) is 2.90. The van der Waals surface area contributed by atoms with Crippen LogP contribution in [0.2, 0.25) is 0 Å². The number of carbonyl (C=O) groups excluding carboxylic acids is 1. The van der Waals surface area contributed by atoms with Crippen molar-refractivity contribution >= 4 is 18.3 Å². The number of amides is 1. The smallest absolute Gasteiger partial charge is 0.225 e. The normalized spacial score (nSPS) is 24.0. The molecule has 1 aromatic rings. The van der Waals surface area contributed by atoms with Crippen LogP contribution < -0.4 is 5.32 Å². The maximum Gasteiger partial charge on any atom is 0.225 e. The first-order valence-electron chi connectivity index (χ1n) is 9.34. The molecule has 1 N–H and O–H groups in total. The lowest BCUT2D eigenvalue weighted by atomic mass is 10.0. The number of hydrogen-bond acceptors (Lipinski definition) is 4. The second-order valence-electron chi connectivity index (χ2n) is 6.87. The molecule has 2 aliphatic rings. The molecule has 0 radical (unpaired) electrons. The molecule has 0 bridgehead atoms. The van der Waals surface area contributed by atoms with Gasteiger partial charge in [0, 0.05) is 18.8 Å². The van der Waals surface area contributed by atoms with Crippen LogP contribution in [0.25, 0.3) is 0 Å². The molecule has 1 amide bonds. The number of halogens is 1. The fraction of sp³-hybridized carbons (Fsp3) is 0.684. The van der Waals surface area contributed by atoms with Gasteiger partial charge in [-0.3, -0.25) is 9.78 Å². The van der Waals surface area contributed by atoms with Crippen molar-refractivity contribution in [3.63, 3.8) is 0 Å². The Kier molecular flexibility index (Phi) is 8.65. The van der Waals surface area contributed by atoms with Gasteiger partial charge in [0.25, 0.3) is 0 Å². The maximum absolute atomic E-state index is 13.0. The van der Waals surface area contributed by atoms with Gasteiger partial charge < -0.3 is 15.0 Å². The fourth-order valence-corrected chi connectivity index (χ4v) is 3.68. The molecule has 0 aliphatic carbocycles. The van der Waals surface area contributed by atoms with Crippen LogP contribution in [-0.4, -0.2) is 47.6 Å². The Morgan fingerprint density at radius 2 is 2.12 bits per heavy atom. The Morgan fingerprint density at radius 3 is 2.88 bits per heavy atom. The molecule has 25 heavy (non-hydrogen) atoms. The highest BCUT2D eigenvalue weighted by atomic mass is 35.5. The Morgan fingerprint density at radius 1 is 1.20 bits per heavy atom. The molecule has 0 saturated carbocycles. The van der Waals surface area contributed by atoms with Crippen molar-refractivity contribution in [3.8, 4) is 0 Å². The Balaban J connectivity index is 0.00000225. The summed E-state index contributed by atoms with van der Waals surface area (Å²) in [5.41, 5.74) is 0.965. The van der Waals surface area contributed by atoms with Crippen LogP contribution in [0.3, 0.4) is 0 Å². The van der Waals surface area contributed by atoms with Crippen molar-refractivity contribution < 1.29 is 9.53 Å². The van der Waals surface area contributed by atoms with Crippen molar-refractivity contribution in [3.05, 3.63) is 30.1 Å². The zero-order chi connectivity index (χ0) is 16.6. The zero-order valence-electron chi connectivity index (χ0n) is 14.9. The van der Waals surface area contributed by atoms with Crippen molar-refractivity contribution in [1.82, 2.24) is 15.2 Å². The minimum absolute atomic E-state index is 0. The molecule has 0 spiro atoms. The van der Waals surface area contributed by atoms with Crippen molar-refractivity contribution in [2.24, 2.45) is 0 Å². The molecule has 0 aromatic carbocycles. The van der Waals surface area contributed by atoms with Gasteiger partial charge in [0.05, 0.1) is 24.8 Å². The minimum Gasteiger partial charge on any atom is -0.378 e. The average molecular weight is 368 g/mol. The summed E-state index contributed by atoms with van der Waals surface area (Å²) in [6.45, 7) is 3.44. The first kappa shape index (κ1) is 20.1. The summed E-state index contributed by atoms with van der Waals surface area (Å²) < 4.78 is 5.79. The molecule has 2 saturated heterocycles. The van der Waals surface area contributed by atoms with E-state index in [2.05, 4.69) is 15.2 Å². The molecular weight excluding hydrogens is 338 g/mol. The molecule has 3 heterocycles. The number of rotatable bonds is 5. The van der Waals surface area contributed by atoms with Gasteiger partial charge in [0.2, 0.25) is 5.91 Å². The third-order valence-electron chi connectivity index (χ3n) is 5.04. The number of nitrogens with one attached hydrogen (secondary N) is 1. The summed E-state index contributed by atoms with van der Waals surface area (Å²) in [7, 11) is 0. The summed E-state index contributed by atoms with van der Waals surface area (Å²) >= 11 is 0. The molecule has 2 aliphatic heterocycles. The SMILES string of the molecule is Cl.O=C(CC1CCCCO1)N(Cc1ccccn1)C1CCCNCC1.